The zero-order valence-electron chi connectivity index (χ0n) is 6.63. The van der Waals surface area contributed by atoms with Crippen LogP contribution in [0.4, 0.5) is 10.1 Å². The van der Waals surface area contributed by atoms with Crippen LogP contribution >= 0.6 is 0 Å². The molecule has 0 unspecified atom stereocenters. The zero-order valence-corrected chi connectivity index (χ0v) is 6.63. The molecule has 1 N–H and O–H groups in total. The molecule has 1 aromatic rings. The van der Waals surface area contributed by atoms with E-state index in [0.717, 1.165) is 5.69 Å². The average Bonchev–Trinajstić information content (AvgIpc) is 2.03. The van der Waals surface area contributed by atoms with E-state index >= 15 is 0 Å². The van der Waals surface area contributed by atoms with Gasteiger partial charge in [-0.25, -0.2) is 9.82 Å². The van der Waals surface area contributed by atoms with Crippen LogP contribution in [-0.4, -0.2) is 14.1 Å². The lowest BCUT2D eigenvalue weighted by Crippen LogP contribution is -2.30. The van der Waals surface area contributed by atoms with Crippen molar-refractivity contribution in [2.75, 3.05) is 19.1 Å². The summed E-state index contributed by atoms with van der Waals surface area (Å²) in [5.74, 6) is -0.218. The summed E-state index contributed by atoms with van der Waals surface area (Å²) >= 11 is 0. The molecule has 0 amide bonds. The Labute approximate surface area is 65.6 Å². The van der Waals surface area contributed by atoms with Crippen LogP contribution in [0, 0.1) is 5.82 Å². The van der Waals surface area contributed by atoms with Gasteiger partial charge < -0.3 is 5.01 Å². The molecule has 0 fully saturated rings. The van der Waals surface area contributed by atoms with E-state index < -0.39 is 0 Å². The summed E-state index contributed by atoms with van der Waals surface area (Å²) in [6, 6.07) is 6.40. The van der Waals surface area contributed by atoms with E-state index in [0.29, 0.717) is 0 Å². The Bertz CT molecular complexity index is 237. The minimum absolute atomic E-state index is 0.218. The van der Waals surface area contributed by atoms with Gasteiger partial charge in [-0.3, -0.25) is 0 Å². The maximum absolute atomic E-state index is 12.6. The third-order valence-corrected chi connectivity index (χ3v) is 1.53. The van der Waals surface area contributed by atoms with Gasteiger partial charge in [0.05, 0.1) is 5.69 Å². The fraction of sp³-hybridized carbons (Fsp3) is 0.250. The fourth-order valence-electron chi connectivity index (χ4n) is 0.814. The van der Waals surface area contributed by atoms with Gasteiger partial charge >= 0.3 is 0 Å². The van der Waals surface area contributed by atoms with E-state index in [4.69, 9.17) is 0 Å². The third-order valence-electron chi connectivity index (χ3n) is 1.53. The molecule has 2 nitrogen and oxygen atoms in total. The van der Waals surface area contributed by atoms with Crippen molar-refractivity contribution in [2.45, 2.75) is 0 Å². The third kappa shape index (κ3) is 1.91. The monoisotopic (exact) mass is 154 g/mol. The normalized spacial score (nSPS) is 9.73. The van der Waals surface area contributed by atoms with E-state index in [1.807, 2.05) is 13.1 Å². The standard InChI is InChI=1S/C8H11FN2/c1-10-11(2)8-5-3-4-7(9)6-8/h3-6,10H,1-2H3. The van der Waals surface area contributed by atoms with Crippen molar-refractivity contribution in [2.24, 2.45) is 0 Å². The highest BCUT2D eigenvalue weighted by atomic mass is 19.1. The molecule has 0 atom stereocenters. The van der Waals surface area contributed by atoms with Crippen molar-refractivity contribution in [1.82, 2.24) is 5.43 Å². The first-order chi connectivity index (χ1) is 5.24. The van der Waals surface area contributed by atoms with Crippen LogP contribution in [0.2, 0.25) is 0 Å². The largest absolute Gasteiger partial charge is 0.312 e. The maximum atomic E-state index is 12.6. The summed E-state index contributed by atoms with van der Waals surface area (Å²) in [5, 5.41) is 1.74. The molecule has 60 valence electrons. The number of hydrazine groups is 1. The summed E-state index contributed by atoms with van der Waals surface area (Å²) in [6.45, 7) is 0. The van der Waals surface area contributed by atoms with E-state index in [1.54, 1.807) is 18.1 Å². The minimum atomic E-state index is -0.218. The van der Waals surface area contributed by atoms with E-state index in [2.05, 4.69) is 5.43 Å². The molecule has 11 heavy (non-hydrogen) atoms. The predicted octanol–water partition coefficient (Wildman–Crippen LogP) is 1.40. The molecule has 0 saturated carbocycles. The van der Waals surface area contributed by atoms with Crippen LogP contribution in [0.1, 0.15) is 0 Å². The second-order valence-corrected chi connectivity index (χ2v) is 2.26. The molecular weight excluding hydrogens is 143 g/mol. The van der Waals surface area contributed by atoms with Crippen LogP contribution in [0.3, 0.4) is 0 Å². The van der Waals surface area contributed by atoms with Gasteiger partial charge in [-0.2, -0.15) is 0 Å². The highest BCUT2D eigenvalue weighted by molar-refractivity contribution is 5.44. The Morgan fingerprint density at radius 1 is 1.45 bits per heavy atom. The quantitative estimate of drug-likeness (QED) is 0.648. The summed E-state index contributed by atoms with van der Waals surface area (Å²) in [4.78, 5) is 0. The molecular formula is C8H11FN2. The van der Waals surface area contributed by atoms with Crippen LogP contribution in [0.25, 0.3) is 0 Å². The van der Waals surface area contributed by atoms with Crippen molar-refractivity contribution in [3.05, 3.63) is 30.1 Å². The number of rotatable bonds is 2. The first-order valence-electron chi connectivity index (χ1n) is 3.40. The number of hydrogen-bond acceptors (Lipinski definition) is 2. The second-order valence-electron chi connectivity index (χ2n) is 2.26. The van der Waals surface area contributed by atoms with Crippen molar-refractivity contribution >= 4 is 5.69 Å². The predicted molar refractivity (Wildman–Crippen MR) is 43.9 cm³/mol. The topological polar surface area (TPSA) is 15.3 Å². The Morgan fingerprint density at radius 3 is 2.73 bits per heavy atom. The SMILES string of the molecule is CNN(C)c1cccc(F)c1. The molecule has 0 spiro atoms. The van der Waals surface area contributed by atoms with Crippen molar-refractivity contribution in [3.63, 3.8) is 0 Å². The van der Waals surface area contributed by atoms with Gasteiger partial charge in [0.25, 0.3) is 0 Å². The maximum Gasteiger partial charge on any atom is 0.125 e. The first kappa shape index (κ1) is 8.01. The van der Waals surface area contributed by atoms with Crippen LogP contribution < -0.4 is 10.4 Å². The fourth-order valence-corrected chi connectivity index (χ4v) is 0.814. The van der Waals surface area contributed by atoms with Crippen LogP contribution in [-0.2, 0) is 0 Å². The van der Waals surface area contributed by atoms with Gasteiger partial charge in [0.2, 0.25) is 0 Å². The molecule has 0 saturated heterocycles. The average molecular weight is 154 g/mol. The highest BCUT2D eigenvalue weighted by Crippen LogP contribution is 2.10. The van der Waals surface area contributed by atoms with Gasteiger partial charge in [0.1, 0.15) is 5.82 Å². The number of halogens is 1. The molecule has 0 radical (unpaired) electrons. The summed E-state index contributed by atoms with van der Waals surface area (Å²) in [7, 11) is 3.61. The minimum Gasteiger partial charge on any atom is -0.312 e. The molecule has 0 aliphatic carbocycles. The Balaban J connectivity index is 2.86. The summed E-state index contributed by atoms with van der Waals surface area (Å²) in [5.41, 5.74) is 3.69. The number of nitrogens with one attached hydrogen (secondary N) is 1. The van der Waals surface area contributed by atoms with E-state index in [9.17, 15) is 4.39 Å². The second kappa shape index (κ2) is 3.34. The Kier molecular flexibility index (Phi) is 2.44. The number of benzene rings is 1. The Hall–Kier alpha value is -1.09. The lowest BCUT2D eigenvalue weighted by molar-refractivity contribution is 0.626. The number of nitrogens with zero attached hydrogens (tertiary/aromatic N) is 1. The molecule has 0 aliphatic heterocycles. The van der Waals surface area contributed by atoms with Gasteiger partial charge in [-0.1, -0.05) is 6.07 Å². The molecule has 0 aromatic heterocycles. The number of hydrogen-bond donors (Lipinski definition) is 1. The van der Waals surface area contributed by atoms with Gasteiger partial charge in [-0.05, 0) is 18.2 Å². The molecule has 3 heteroatoms. The van der Waals surface area contributed by atoms with E-state index in [1.165, 1.54) is 12.1 Å². The molecule has 1 aromatic carbocycles. The van der Waals surface area contributed by atoms with Crippen molar-refractivity contribution in [3.8, 4) is 0 Å². The Morgan fingerprint density at radius 2 is 2.18 bits per heavy atom. The van der Waals surface area contributed by atoms with Gasteiger partial charge in [-0.15, -0.1) is 0 Å². The zero-order chi connectivity index (χ0) is 8.27. The molecule has 0 aliphatic rings. The number of anilines is 1. The first-order valence-corrected chi connectivity index (χ1v) is 3.40. The lowest BCUT2D eigenvalue weighted by atomic mass is 10.3. The van der Waals surface area contributed by atoms with Gasteiger partial charge in [0.15, 0.2) is 0 Å². The van der Waals surface area contributed by atoms with Crippen molar-refractivity contribution in [1.29, 1.82) is 0 Å². The highest BCUT2D eigenvalue weighted by Gasteiger charge is 1.97. The van der Waals surface area contributed by atoms with Crippen LogP contribution in [0.15, 0.2) is 24.3 Å². The summed E-state index contributed by atoms with van der Waals surface area (Å²) < 4.78 is 12.6. The van der Waals surface area contributed by atoms with E-state index in [-0.39, 0.29) is 5.82 Å². The lowest BCUT2D eigenvalue weighted by Gasteiger charge is -2.16. The molecule has 0 heterocycles. The van der Waals surface area contributed by atoms with Gasteiger partial charge in [0, 0.05) is 14.1 Å². The van der Waals surface area contributed by atoms with Crippen LogP contribution in [0.5, 0.6) is 0 Å². The molecule has 0 bridgehead atoms. The molecule has 1 rings (SSSR count). The summed E-state index contributed by atoms with van der Waals surface area (Å²) in [6.07, 6.45) is 0. The van der Waals surface area contributed by atoms with Crippen molar-refractivity contribution < 1.29 is 4.39 Å². The smallest absolute Gasteiger partial charge is 0.125 e.